The van der Waals surface area contributed by atoms with Crippen LogP contribution in [0.3, 0.4) is 0 Å². The zero-order valence-corrected chi connectivity index (χ0v) is 12.1. The van der Waals surface area contributed by atoms with E-state index in [2.05, 4.69) is 4.72 Å². The monoisotopic (exact) mass is 285 g/mol. The van der Waals surface area contributed by atoms with Crippen LogP contribution in [0.5, 0.6) is 0 Å². The Balaban J connectivity index is 2.75. The summed E-state index contributed by atoms with van der Waals surface area (Å²) >= 11 is 0. The highest BCUT2D eigenvalue weighted by Gasteiger charge is 2.16. The minimum absolute atomic E-state index is 0.0513. The van der Waals surface area contributed by atoms with Crippen molar-refractivity contribution < 1.29 is 18.3 Å². The molecule has 0 fully saturated rings. The van der Waals surface area contributed by atoms with Gasteiger partial charge in [-0.05, 0) is 36.1 Å². The van der Waals surface area contributed by atoms with Gasteiger partial charge in [-0.3, -0.25) is 0 Å². The molecule has 0 saturated carbocycles. The van der Waals surface area contributed by atoms with E-state index in [-0.39, 0.29) is 15.9 Å². The Labute approximate surface area is 113 Å². The summed E-state index contributed by atoms with van der Waals surface area (Å²) in [5.74, 6) is -1.08. The highest BCUT2D eigenvalue weighted by atomic mass is 32.2. The summed E-state index contributed by atoms with van der Waals surface area (Å²) in [6.07, 6.45) is 0.722. The first-order valence-corrected chi connectivity index (χ1v) is 7.43. The van der Waals surface area contributed by atoms with E-state index in [4.69, 9.17) is 5.11 Å². The number of benzene rings is 1. The third-order valence-corrected chi connectivity index (χ3v) is 4.06. The molecule has 0 aliphatic heterocycles. The van der Waals surface area contributed by atoms with Crippen LogP contribution in [0.4, 0.5) is 0 Å². The van der Waals surface area contributed by atoms with Gasteiger partial charge in [0.1, 0.15) is 0 Å². The van der Waals surface area contributed by atoms with E-state index >= 15 is 0 Å². The van der Waals surface area contributed by atoms with Crippen LogP contribution in [0, 0.1) is 5.41 Å². The Morgan fingerprint density at radius 1 is 1.21 bits per heavy atom. The summed E-state index contributed by atoms with van der Waals surface area (Å²) in [5.41, 5.74) is 0.115. The van der Waals surface area contributed by atoms with E-state index in [1.807, 2.05) is 20.8 Å². The van der Waals surface area contributed by atoms with Gasteiger partial charge in [-0.25, -0.2) is 17.9 Å². The second-order valence-corrected chi connectivity index (χ2v) is 7.30. The molecule has 1 aromatic carbocycles. The van der Waals surface area contributed by atoms with Crippen molar-refractivity contribution in [1.82, 2.24) is 4.72 Å². The quantitative estimate of drug-likeness (QED) is 0.867. The van der Waals surface area contributed by atoms with Crippen LogP contribution >= 0.6 is 0 Å². The molecular weight excluding hydrogens is 266 g/mol. The fourth-order valence-corrected chi connectivity index (χ4v) is 2.45. The zero-order valence-electron chi connectivity index (χ0n) is 11.3. The third-order valence-electron chi connectivity index (χ3n) is 2.58. The standard InChI is InChI=1S/C13H19NO4S/c1-13(2,3)8-9-14-19(17,18)11-6-4-10(5-7-11)12(15)16/h4-7,14H,8-9H2,1-3H3,(H,15,16). The molecule has 0 aliphatic carbocycles. The first-order chi connectivity index (χ1) is 8.62. The lowest BCUT2D eigenvalue weighted by Gasteiger charge is -2.18. The fraction of sp³-hybridized carbons (Fsp3) is 0.462. The predicted octanol–water partition coefficient (Wildman–Crippen LogP) is 2.10. The molecule has 106 valence electrons. The van der Waals surface area contributed by atoms with Crippen molar-refractivity contribution in [2.75, 3.05) is 6.54 Å². The normalized spacial score (nSPS) is 12.4. The Morgan fingerprint density at radius 2 is 1.74 bits per heavy atom. The van der Waals surface area contributed by atoms with E-state index < -0.39 is 16.0 Å². The highest BCUT2D eigenvalue weighted by Crippen LogP contribution is 2.18. The fourth-order valence-electron chi connectivity index (χ4n) is 1.42. The van der Waals surface area contributed by atoms with Crippen molar-refractivity contribution in [2.45, 2.75) is 32.1 Å². The third kappa shape index (κ3) is 5.00. The molecule has 2 N–H and O–H groups in total. The number of carbonyl (C=O) groups is 1. The number of nitrogens with one attached hydrogen (secondary N) is 1. The van der Waals surface area contributed by atoms with E-state index in [1.165, 1.54) is 24.3 Å². The summed E-state index contributed by atoms with van der Waals surface area (Å²) in [6.45, 7) is 6.45. The molecule has 0 unspecified atom stereocenters. The van der Waals surface area contributed by atoms with Gasteiger partial charge in [0.25, 0.3) is 0 Å². The smallest absolute Gasteiger partial charge is 0.335 e. The molecule has 19 heavy (non-hydrogen) atoms. The van der Waals surface area contributed by atoms with Crippen LogP contribution in [-0.2, 0) is 10.0 Å². The Kier molecular flexibility index (Phi) is 4.70. The highest BCUT2D eigenvalue weighted by molar-refractivity contribution is 7.89. The van der Waals surface area contributed by atoms with Crippen LogP contribution in [0.15, 0.2) is 29.2 Å². The number of carboxylic acids is 1. The first-order valence-electron chi connectivity index (χ1n) is 5.95. The molecule has 1 rings (SSSR count). The van der Waals surface area contributed by atoms with Gasteiger partial charge in [-0.2, -0.15) is 0 Å². The molecule has 0 amide bonds. The zero-order chi connectivity index (χ0) is 14.7. The number of aromatic carboxylic acids is 1. The van der Waals surface area contributed by atoms with Crippen molar-refractivity contribution in [3.63, 3.8) is 0 Å². The van der Waals surface area contributed by atoms with Gasteiger partial charge >= 0.3 is 5.97 Å². The van der Waals surface area contributed by atoms with Crippen molar-refractivity contribution in [3.8, 4) is 0 Å². The van der Waals surface area contributed by atoms with E-state index in [1.54, 1.807) is 0 Å². The summed E-state index contributed by atoms with van der Waals surface area (Å²) in [4.78, 5) is 10.8. The van der Waals surface area contributed by atoms with Crippen molar-refractivity contribution in [2.24, 2.45) is 5.41 Å². The number of hydrogen-bond donors (Lipinski definition) is 2. The van der Waals surface area contributed by atoms with Crippen molar-refractivity contribution >= 4 is 16.0 Å². The van der Waals surface area contributed by atoms with Gasteiger partial charge in [-0.1, -0.05) is 20.8 Å². The number of rotatable bonds is 5. The Bertz CT molecular complexity index is 541. The van der Waals surface area contributed by atoms with Gasteiger partial charge in [0.05, 0.1) is 10.5 Å². The van der Waals surface area contributed by atoms with E-state index in [9.17, 15) is 13.2 Å². The van der Waals surface area contributed by atoms with Gasteiger partial charge < -0.3 is 5.11 Å². The van der Waals surface area contributed by atoms with Gasteiger partial charge in [0.2, 0.25) is 10.0 Å². The molecule has 0 radical (unpaired) electrons. The molecular formula is C13H19NO4S. The van der Waals surface area contributed by atoms with Crippen LogP contribution < -0.4 is 4.72 Å². The Hall–Kier alpha value is -1.40. The van der Waals surface area contributed by atoms with Crippen LogP contribution in [0.1, 0.15) is 37.6 Å². The molecule has 0 heterocycles. The summed E-state index contributed by atoms with van der Waals surface area (Å²) in [5, 5.41) is 8.74. The molecule has 0 spiro atoms. The largest absolute Gasteiger partial charge is 0.478 e. The van der Waals surface area contributed by atoms with Gasteiger partial charge in [0.15, 0.2) is 0 Å². The molecule has 0 saturated heterocycles. The molecule has 0 bridgehead atoms. The summed E-state index contributed by atoms with van der Waals surface area (Å²) in [7, 11) is -3.57. The maximum Gasteiger partial charge on any atom is 0.335 e. The van der Waals surface area contributed by atoms with Gasteiger partial charge in [0, 0.05) is 6.54 Å². The second kappa shape index (κ2) is 5.71. The molecule has 0 aliphatic rings. The number of hydrogen-bond acceptors (Lipinski definition) is 3. The van der Waals surface area contributed by atoms with Gasteiger partial charge in [-0.15, -0.1) is 0 Å². The average molecular weight is 285 g/mol. The summed E-state index contributed by atoms with van der Waals surface area (Å²) < 4.78 is 26.4. The van der Waals surface area contributed by atoms with Crippen LogP contribution in [0.25, 0.3) is 0 Å². The van der Waals surface area contributed by atoms with Crippen molar-refractivity contribution in [3.05, 3.63) is 29.8 Å². The minimum atomic E-state index is -3.57. The molecule has 5 nitrogen and oxygen atoms in total. The van der Waals surface area contributed by atoms with Crippen molar-refractivity contribution in [1.29, 1.82) is 0 Å². The predicted molar refractivity (Wildman–Crippen MR) is 72.7 cm³/mol. The van der Waals surface area contributed by atoms with Crippen LogP contribution in [-0.4, -0.2) is 26.0 Å². The number of sulfonamides is 1. The molecule has 1 aromatic rings. The minimum Gasteiger partial charge on any atom is -0.478 e. The lowest BCUT2D eigenvalue weighted by molar-refractivity contribution is 0.0696. The lowest BCUT2D eigenvalue weighted by Crippen LogP contribution is -2.27. The first kappa shape index (κ1) is 15.7. The maximum absolute atomic E-state index is 11.9. The lowest BCUT2D eigenvalue weighted by atomic mass is 9.93. The average Bonchev–Trinajstić information content (AvgIpc) is 2.27. The second-order valence-electron chi connectivity index (χ2n) is 5.54. The summed E-state index contributed by atoms with van der Waals surface area (Å²) in [6, 6.07) is 5.15. The topological polar surface area (TPSA) is 83.5 Å². The SMILES string of the molecule is CC(C)(C)CCNS(=O)(=O)c1ccc(C(=O)O)cc1. The van der Waals surface area contributed by atoms with Crippen LogP contribution in [0.2, 0.25) is 0 Å². The molecule has 0 atom stereocenters. The molecule has 0 aromatic heterocycles. The maximum atomic E-state index is 11.9. The number of carboxylic acid groups (broad SMARTS) is 1. The molecule has 6 heteroatoms. The Morgan fingerprint density at radius 3 is 2.16 bits per heavy atom. The van der Waals surface area contributed by atoms with E-state index in [0.717, 1.165) is 6.42 Å². The van der Waals surface area contributed by atoms with E-state index in [0.29, 0.717) is 6.54 Å².